The third kappa shape index (κ3) is 3.83. The minimum Gasteiger partial charge on any atom is -0.481 e. The van der Waals surface area contributed by atoms with Crippen molar-refractivity contribution >= 4 is 10.0 Å². The number of aromatic nitrogens is 3. The molecule has 2 aromatic heterocycles. The maximum Gasteiger partial charge on any atom is 0.244 e. The molecule has 0 aromatic carbocycles. The van der Waals surface area contributed by atoms with E-state index in [2.05, 4.69) is 14.8 Å². The molecule has 1 atom stereocenters. The highest BCUT2D eigenvalue weighted by Crippen LogP contribution is 2.39. The quantitative estimate of drug-likeness (QED) is 0.760. The molecule has 1 saturated carbocycles. The number of hydrogen-bond acceptors (Lipinski definition) is 6. The molecule has 0 bridgehead atoms. The third-order valence-electron chi connectivity index (χ3n) is 4.47. The van der Waals surface area contributed by atoms with Crippen molar-refractivity contribution in [3.05, 3.63) is 36.3 Å². The summed E-state index contributed by atoms with van der Waals surface area (Å²) in [5, 5.41) is 13.6. The van der Waals surface area contributed by atoms with Crippen LogP contribution in [0.5, 0.6) is 5.88 Å². The fourth-order valence-corrected chi connectivity index (χ4v) is 4.17. The summed E-state index contributed by atoms with van der Waals surface area (Å²) in [7, 11) is -2.20. The average molecular weight is 366 g/mol. The van der Waals surface area contributed by atoms with Crippen LogP contribution in [0, 0.1) is 5.92 Å². The van der Waals surface area contributed by atoms with E-state index in [1.807, 2.05) is 6.92 Å². The predicted octanol–water partition coefficient (Wildman–Crippen LogP) is 1.10. The average Bonchev–Trinajstić information content (AvgIpc) is 3.07. The summed E-state index contributed by atoms with van der Waals surface area (Å²) in [6, 6.07) is 3.02. The van der Waals surface area contributed by atoms with E-state index in [-0.39, 0.29) is 16.9 Å². The van der Waals surface area contributed by atoms with Crippen LogP contribution in [0.4, 0.5) is 0 Å². The molecule has 2 N–H and O–H groups in total. The molecule has 0 amide bonds. The SMILES string of the molecule is CCn1cc(S(=O)(=O)N[C@@H](c2ccc(OC)nc2)C2CC(O)C2)cn1. The second-order valence-corrected chi connectivity index (χ2v) is 7.86. The van der Waals surface area contributed by atoms with Gasteiger partial charge in [0.25, 0.3) is 0 Å². The molecule has 3 rings (SSSR count). The second kappa shape index (κ2) is 7.11. The zero-order valence-electron chi connectivity index (χ0n) is 14.2. The Bertz CT molecular complexity index is 813. The zero-order chi connectivity index (χ0) is 18.0. The van der Waals surface area contributed by atoms with Crippen molar-refractivity contribution in [3.8, 4) is 5.88 Å². The lowest BCUT2D eigenvalue weighted by Crippen LogP contribution is -2.41. The Balaban J connectivity index is 1.86. The van der Waals surface area contributed by atoms with E-state index in [9.17, 15) is 13.5 Å². The molecule has 0 unspecified atom stereocenters. The van der Waals surface area contributed by atoms with Gasteiger partial charge in [-0.15, -0.1) is 0 Å². The Morgan fingerprint density at radius 3 is 2.68 bits per heavy atom. The van der Waals surface area contributed by atoms with Crippen LogP contribution in [-0.4, -0.2) is 41.5 Å². The molecular weight excluding hydrogens is 344 g/mol. The maximum absolute atomic E-state index is 12.7. The van der Waals surface area contributed by atoms with Gasteiger partial charge < -0.3 is 9.84 Å². The molecule has 0 saturated heterocycles. The molecule has 1 fully saturated rings. The van der Waals surface area contributed by atoms with Gasteiger partial charge in [0.2, 0.25) is 15.9 Å². The van der Waals surface area contributed by atoms with Crippen molar-refractivity contribution in [2.45, 2.75) is 43.4 Å². The second-order valence-electron chi connectivity index (χ2n) is 6.15. The largest absolute Gasteiger partial charge is 0.481 e. The van der Waals surface area contributed by atoms with Crippen LogP contribution in [0.2, 0.25) is 0 Å². The number of ether oxygens (including phenoxy) is 1. The van der Waals surface area contributed by atoms with E-state index in [0.717, 1.165) is 5.56 Å². The third-order valence-corrected chi connectivity index (χ3v) is 5.87. The zero-order valence-corrected chi connectivity index (χ0v) is 15.0. The standard InChI is InChI=1S/C16H22N4O4S/c1-3-20-10-14(9-18-20)25(22,23)19-16(12-6-13(21)7-12)11-4-5-15(24-2)17-8-11/h4-5,8-10,12-13,16,19,21H,3,6-7H2,1-2H3/t12?,13?,16-/m0/s1. The molecular formula is C16H22N4O4S. The summed E-state index contributed by atoms with van der Waals surface area (Å²) < 4.78 is 34.8. The summed E-state index contributed by atoms with van der Waals surface area (Å²) in [4.78, 5) is 4.29. The molecule has 8 nitrogen and oxygen atoms in total. The van der Waals surface area contributed by atoms with E-state index in [1.54, 1.807) is 23.0 Å². The minimum atomic E-state index is -3.73. The molecule has 1 aliphatic rings. The van der Waals surface area contributed by atoms with Crippen LogP contribution >= 0.6 is 0 Å². The maximum atomic E-state index is 12.7. The van der Waals surface area contributed by atoms with Gasteiger partial charge >= 0.3 is 0 Å². The van der Waals surface area contributed by atoms with Gasteiger partial charge in [-0.3, -0.25) is 4.68 Å². The first-order valence-electron chi connectivity index (χ1n) is 8.15. The fraction of sp³-hybridized carbons (Fsp3) is 0.500. The smallest absolute Gasteiger partial charge is 0.244 e. The van der Waals surface area contributed by atoms with Crippen molar-refractivity contribution in [2.75, 3.05) is 7.11 Å². The fourth-order valence-electron chi connectivity index (χ4n) is 2.93. The first kappa shape index (κ1) is 17.8. The van der Waals surface area contributed by atoms with E-state index < -0.39 is 16.1 Å². The van der Waals surface area contributed by atoms with Gasteiger partial charge in [0, 0.05) is 25.0 Å². The molecule has 0 spiro atoms. The molecule has 1 aliphatic carbocycles. The van der Waals surface area contributed by atoms with Crippen LogP contribution in [0.1, 0.15) is 31.4 Å². The van der Waals surface area contributed by atoms with Gasteiger partial charge in [-0.1, -0.05) is 6.07 Å². The van der Waals surface area contributed by atoms with Crippen LogP contribution in [0.15, 0.2) is 35.6 Å². The molecule has 25 heavy (non-hydrogen) atoms. The first-order chi connectivity index (χ1) is 11.9. The minimum absolute atomic E-state index is 0.0150. The molecule has 0 aliphatic heterocycles. The molecule has 0 radical (unpaired) electrons. The van der Waals surface area contributed by atoms with Gasteiger partial charge in [-0.25, -0.2) is 18.1 Å². The summed E-state index contributed by atoms with van der Waals surface area (Å²) in [5.41, 5.74) is 0.740. The Kier molecular flexibility index (Phi) is 5.07. The number of sulfonamides is 1. The monoisotopic (exact) mass is 366 g/mol. The Hall–Kier alpha value is -1.97. The van der Waals surface area contributed by atoms with Crippen molar-refractivity contribution in [1.82, 2.24) is 19.5 Å². The number of nitrogens with one attached hydrogen (secondary N) is 1. The summed E-state index contributed by atoms with van der Waals surface area (Å²) >= 11 is 0. The number of pyridine rings is 1. The number of aliphatic hydroxyl groups excluding tert-OH is 1. The number of aliphatic hydroxyl groups is 1. The van der Waals surface area contributed by atoms with Gasteiger partial charge in [-0.05, 0) is 31.2 Å². The Labute approximate surface area is 146 Å². The van der Waals surface area contributed by atoms with Crippen molar-refractivity contribution in [3.63, 3.8) is 0 Å². The number of rotatable bonds is 7. The predicted molar refractivity (Wildman–Crippen MR) is 90.5 cm³/mol. The number of hydrogen-bond donors (Lipinski definition) is 2. The lowest BCUT2D eigenvalue weighted by Gasteiger charge is -2.37. The van der Waals surface area contributed by atoms with Gasteiger partial charge in [0.15, 0.2) is 0 Å². The van der Waals surface area contributed by atoms with Crippen LogP contribution < -0.4 is 9.46 Å². The lowest BCUT2D eigenvalue weighted by atomic mass is 9.76. The summed E-state index contributed by atoms with van der Waals surface area (Å²) in [6.45, 7) is 2.48. The Morgan fingerprint density at radius 1 is 1.40 bits per heavy atom. The van der Waals surface area contributed by atoms with Crippen molar-refractivity contribution < 1.29 is 18.3 Å². The normalized spacial score (nSPS) is 21.6. The highest BCUT2D eigenvalue weighted by Gasteiger charge is 2.37. The highest BCUT2D eigenvalue weighted by molar-refractivity contribution is 7.89. The molecule has 2 aromatic rings. The van der Waals surface area contributed by atoms with E-state index in [0.29, 0.717) is 25.3 Å². The Morgan fingerprint density at radius 2 is 2.16 bits per heavy atom. The van der Waals surface area contributed by atoms with Gasteiger partial charge in [0.1, 0.15) is 4.90 Å². The summed E-state index contributed by atoms with van der Waals surface area (Å²) in [6.07, 6.45) is 5.16. The van der Waals surface area contributed by atoms with Crippen LogP contribution in [0.3, 0.4) is 0 Å². The number of aryl methyl sites for hydroxylation is 1. The highest BCUT2D eigenvalue weighted by atomic mass is 32.2. The van der Waals surface area contributed by atoms with Crippen molar-refractivity contribution in [1.29, 1.82) is 0 Å². The van der Waals surface area contributed by atoms with Crippen LogP contribution in [-0.2, 0) is 16.6 Å². The lowest BCUT2D eigenvalue weighted by molar-refractivity contribution is 0.0279. The number of methoxy groups -OCH3 is 1. The molecule has 136 valence electrons. The van der Waals surface area contributed by atoms with Crippen LogP contribution in [0.25, 0.3) is 0 Å². The molecule has 2 heterocycles. The van der Waals surface area contributed by atoms with E-state index in [4.69, 9.17) is 4.74 Å². The topological polar surface area (TPSA) is 106 Å². The first-order valence-corrected chi connectivity index (χ1v) is 9.64. The number of nitrogens with zero attached hydrogens (tertiary/aromatic N) is 3. The van der Waals surface area contributed by atoms with Crippen molar-refractivity contribution in [2.24, 2.45) is 5.92 Å². The summed E-state index contributed by atoms with van der Waals surface area (Å²) in [5.74, 6) is 0.476. The van der Waals surface area contributed by atoms with Gasteiger partial charge in [0.05, 0.1) is 25.5 Å². The van der Waals surface area contributed by atoms with E-state index in [1.165, 1.54) is 19.5 Å². The van der Waals surface area contributed by atoms with Gasteiger partial charge in [-0.2, -0.15) is 5.10 Å². The molecule has 9 heteroatoms. The van der Waals surface area contributed by atoms with E-state index >= 15 is 0 Å².